The highest BCUT2D eigenvalue weighted by molar-refractivity contribution is 8.16. The minimum Gasteiger partial charge on any atom is -0.497 e. The number of benzene rings is 1. The van der Waals surface area contributed by atoms with E-state index in [4.69, 9.17) is 23.9 Å². The molecule has 11 heteroatoms. The van der Waals surface area contributed by atoms with E-state index in [9.17, 15) is 14.4 Å². The van der Waals surface area contributed by atoms with Crippen LogP contribution in [0.15, 0.2) is 58.2 Å². The van der Waals surface area contributed by atoms with Crippen LogP contribution in [0, 0.1) is 5.92 Å². The molecule has 0 aliphatic carbocycles. The lowest BCUT2D eigenvalue weighted by Crippen LogP contribution is -2.44. The molecule has 3 heterocycles. The zero-order valence-electron chi connectivity index (χ0n) is 23.3. The zero-order valence-corrected chi connectivity index (χ0v) is 24.1. The molecule has 0 N–H and O–H groups in total. The molecule has 0 spiro atoms. The number of fused-ring (bicyclic) bond motifs is 1. The van der Waals surface area contributed by atoms with E-state index in [1.54, 1.807) is 45.1 Å². The quantitative estimate of drug-likeness (QED) is 0.303. The molecule has 1 fully saturated rings. The second kappa shape index (κ2) is 13.1. The van der Waals surface area contributed by atoms with Crippen molar-refractivity contribution in [2.24, 2.45) is 10.9 Å². The first kappa shape index (κ1) is 29.3. The number of carbonyl (C=O) groups is 3. The van der Waals surface area contributed by atoms with Crippen LogP contribution < -0.4 is 9.47 Å². The third-order valence-electron chi connectivity index (χ3n) is 7.01. The number of amides is 1. The van der Waals surface area contributed by atoms with Gasteiger partial charge in [0.05, 0.1) is 50.5 Å². The Bertz CT molecular complexity index is 1270. The van der Waals surface area contributed by atoms with Crippen molar-refractivity contribution in [3.05, 3.63) is 58.8 Å². The monoisotopic (exact) mass is 569 g/mol. The molecule has 214 valence electrons. The lowest BCUT2D eigenvalue weighted by molar-refractivity contribution is -0.151. The van der Waals surface area contributed by atoms with E-state index in [1.807, 2.05) is 16.4 Å². The highest BCUT2D eigenvalue weighted by Gasteiger charge is 2.43. The van der Waals surface area contributed by atoms with Gasteiger partial charge in [-0.25, -0.2) is 9.79 Å². The second-order valence-corrected chi connectivity index (χ2v) is 10.3. The number of nitrogens with zero attached hydrogens (tertiary/aromatic N) is 3. The van der Waals surface area contributed by atoms with Crippen LogP contribution in [-0.2, 0) is 23.9 Å². The predicted molar refractivity (Wildman–Crippen MR) is 152 cm³/mol. The van der Waals surface area contributed by atoms with Crippen molar-refractivity contribution in [2.45, 2.75) is 39.2 Å². The van der Waals surface area contributed by atoms with Crippen LogP contribution in [0.25, 0.3) is 0 Å². The molecule has 0 saturated carbocycles. The summed E-state index contributed by atoms with van der Waals surface area (Å²) in [6, 6.07) is 4.74. The number of aliphatic imine (C=N–C) groups is 1. The Kier molecular flexibility index (Phi) is 9.57. The second-order valence-electron chi connectivity index (χ2n) is 9.50. The smallest absolute Gasteiger partial charge is 0.338 e. The first-order valence-corrected chi connectivity index (χ1v) is 14.1. The van der Waals surface area contributed by atoms with Gasteiger partial charge in [-0.2, -0.15) is 0 Å². The van der Waals surface area contributed by atoms with Gasteiger partial charge < -0.3 is 28.7 Å². The predicted octanol–water partition coefficient (Wildman–Crippen LogP) is 4.20. The number of thioether (sulfide) groups is 1. The summed E-state index contributed by atoms with van der Waals surface area (Å²) in [6.07, 6.45) is 3.01. The number of piperidine rings is 1. The molecule has 1 aromatic rings. The largest absolute Gasteiger partial charge is 0.497 e. The van der Waals surface area contributed by atoms with Gasteiger partial charge in [0.25, 0.3) is 0 Å². The molecule has 1 saturated heterocycles. The maximum Gasteiger partial charge on any atom is 0.338 e. The first-order valence-electron chi connectivity index (χ1n) is 13.2. The number of esters is 2. The molecule has 0 unspecified atom stereocenters. The number of ether oxygens (including phenoxy) is 4. The van der Waals surface area contributed by atoms with Gasteiger partial charge >= 0.3 is 11.9 Å². The van der Waals surface area contributed by atoms with E-state index in [-0.39, 0.29) is 30.8 Å². The lowest BCUT2D eigenvalue weighted by Gasteiger charge is -2.37. The van der Waals surface area contributed by atoms with Crippen molar-refractivity contribution in [2.75, 3.05) is 40.5 Å². The number of allylic oxidation sites excluding steroid dienone is 1. The van der Waals surface area contributed by atoms with Gasteiger partial charge in [0.2, 0.25) is 5.91 Å². The van der Waals surface area contributed by atoms with E-state index < -0.39 is 12.0 Å². The number of hydrogen-bond donors (Lipinski definition) is 0. The highest BCUT2D eigenvalue weighted by atomic mass is 32.2. The van der Waals surface area contributed by atoms with Crippen LogP contribution in [0.4, 0.5) is 0 Å². The topological polar surface area (TPSA) is 107 Å². The molecular weight excluding hydrogens is 534 g/mol. The van der Waals surface area contributed by atoms with Crippen molar-refractivity contribution in [1.29, 1.82) is 0 Å². The third kappa shape index (κ3) is 6.04. The Morgan fingerprint density at radius 3 is 2.70 bits per heavy atom. The molecule has 40 heavy (non-hydrogen) atoms. The van der Waals surface area contributed by atoms with E-state index in [0.29, 0.717) is 65.3 Å². The van der Waals surface area contributed by atoms with E-state index in [0.717, 1.165) is 6.42 Å². The van der Waals surface area contributed by atoms with Crippen LogP contribution in [0.5, 0.6) is 11.5 Å². The normalized spacial score (nSPS) is 20.3. The number of carbonyl (C=O) groups excluding carboxylic acids is 3. The molecule has 3 aliphatic rings. The van der Waals surface area contributed by atoms with Gasteiger partial charge in [-0.05, 0) is 44.2 Å². The zero-order chi connectivity index (χ0) is 28.8. The third-order valence-corrected chi connectivity index (χ3v) is 7.90. The number of methoxy groups -OCH3 is 2. The van der Waals surface area contributed by atoms with Gasteiger partial charge in [-0.1, -0.05) is 24.4 Å². The van der Waals surface area contributed by atoms with Gasteiger partial charge in [-0.3, -0.25) is 9.59 Å². The number of amidine groups is 1. The summed E-state index contributed by atoms with van der Waals surface area (Å²) in [5, 5.41) is 2.53. The van der Waals surface area contributed by atoms with Crippen molar-refractivity contribution in [1.82, 2.24) is 9.80 Å². The van der Waals surface area contributed by atoms with E-state index in [2.05, 4.69) is 6.58 Å². The first-order chi connectivity index (χ1) is 19.3. The molecule has 3 aliphatic heterocycles. The Morgan fingerprint density at radius 1 is 1.20 bits per heavy atom. The molecule has 0 bridgehead atoms. The van der Waals surface area contributed by atoms with Crippen LogP contribution in [-0.4, -0.2) is 73.3 Å². The van der Waals surface area contributed by atoms with E-state index >= 15 is 0 Å². The number of rotatable bonds is 10. The summed E-state index contributed by atoms with van der Waals surface area (Å²) < 4.78 is 21.8. The Morgan fingerprint density at radius 2 is 2.00 bits per heavy atom. The standard InChI is InChI=1S/C29H35N3O7S/c1-6-13-39-28(35)25-18(3)30-29-32(26(25)22-11-10-21(36-4)15-23(22)37-5)20(17-40-29)14-24(33)31-12-8-9-19(16-31)27(34)38-7-2/h6,10-11,15,17,19,26H,1,7-9,12-14,16H2,2-5H3/t19-,26+/m0/s1. The summed E-state index contributed by atoms with van der Waals surface area (Å²) in [4.78, 5) is 47.5. The maximum atomic E-state index is 13.5. The van der Waals surface area contributed by atoms with Gasteiger partial charge in [0, 0.05) is 30.4 Å². The summed E-state index contributed by atoms with van der Waals surface area (Å²) >= 11 is 1.39. The van der Waals surface area contributed by atoms with Crippen molar-refractivity contribution in [3.8, 4) is 11.5 Å². The van der Waals surface area contributed by atoms with Crippen molar-refractivity contribution in [3.63, 3.8) is 0 Å². The average molecular weight is 570 g/mol. The van der Waals surface area contributed by atoms with Crippen LogP contribution >= 0.6 is 11.8 Å². The fourth-order valence-electron chi connectivity index (χ4n) is 5.10. The molecule has 1 amide bonds. The summed E-state index contributed by atoms with van der Waals surface area (Å²) in [7, 11) is 3.12. The fourth-order valence-corrected chi connectivity index (χ4v) is 6.07. The minimum absolute atomic E-state index is 0.0468. The average Bonchev–Trinajstić information content (AvgIpc) is 3.36. The van der Waals surface area contributed by atoms with Crippen LogP contribution in [0.3, 0.4) is 0 Å². The molecule has 1 aromatic carbocycles. The van der Waals surface area contributed by atoms with Gasteiger partial charge in [-0.15, -0.1) is 0 Å². The molecule has 4 rings (SSSR count). The van der Waals surface area contributed by atoms with Gasteiger partial charge in [0.1, 0.15) is 18.1 Å². The Hall–Kier alpha value is -3.73. The maximum absolute atomic E-state index is 13.5. The summed E-state index contributed by atoms with van der Waals surface area (Å²) in [5.74, 6) is -0.113. The van der Waals surface area contributed by atoms with E-state index in [1.165, 1.54) is 17.8 Å². The summed E-state index contributed by atoms with van der Waals surface area (Å²) in [5.41, 5.74) is 2.25. The van der Waals surface area contributed by atoms with Crippen molar-refractivity contribution >= 4 is 34.8 Å². The highest BCUT2D eigenvalue weighted by Crippen LogP contribution is 2.47. The summed E-state index contributed by atoms with van der Waals surface area (Å²) in [6.45, 7) is 8.44. The molecule has 10 nitrogen and oxygen atoms in total. The Labute approximate surface area is 238 Å². The van der Waals surface area contributed by atoms with Crippen LogP contribution in [0.2, 0.25) is 0 Å². The van der Waals surface area contributed by atoms with Crippen molar-refractivity contribution < 1.29 is 33.3 Å². The van der Waals surface area contributed by atoms with Gasteiger partial charge in [0.15, 0.2) is 5.17 Å². The van der Waals surface area contributed by atoms with Crippen LogP contribution in [0.1, 0.15) is 44.7 Å². The lowest BCUT2D eigenvalue weighted by atomic mass is 9.92. The molecule has 2 atom stereocenters. The molecular formula is C29H35N3O7S. The Balaban J connectivity index is 1.67. The number of hydrogen-bond acceptors (Lipinski definition) is 10. The minimum atomic E-state index is -0.659. The molecule has 0 radical (unpaired) electrons. The fraction of sp³-hybridized carbons (Fsp3) is 0.448. The SMILES string of the molecule is C=CCOC(=O)C1=C(C)N=C2SC=C(CC(=O)N3CCC[C@H](C(=O)OCC)C3)N2[C@@H]1c1ccc(OC)cc1OC. The number of likely N-dealkylation sites (tertiary alicyclic amines) is 1. The molecule has 0 aromatic heterocycles.